The fourth-order valence-electron chi connectivity index (χ4n) is 3.38. The zero-order valence-electron chi connectivity index (χ0n) is 13.3. The van der Waals surface area contributed by atoms with E-state index in [9.17, 15) is 19.5 Å². The Bertz CT molecular complexity index is 633. The second-order valence-electron chi connectivity index (χ2n) is 6.10. The predicted molar refractivity (Wildman–Crippen MR) is 84.0 cm³/mol. The summed E-state index contributed by atoms with van der Waals surface area (Å²) in [7, 11) is 0. The van der Waals surface area contributed by atoms with Crippen LogP contribution in [0.3, 0.4) is 0 Å². The summed E-state index contributed by atoms with van der Waals surface area (Å²) in [6.45, 7) is 0.756. The summed E-state index contributed by atoms with van der Waals surface area (Å²) < 4.78 is 0. The van der Waals surface area contributed by atoms with Crippen LogP contribution in [0.5, 0.6) is 0 Å². The number of hydrogen-bond donors (Lipinski definition) is 1. The molecule has 2 heterocycles. The third-order valence-corrected chi connectivity index (χ3v) is 4.58. The van der Waals surface area contributed by atoms with Crippen LogP contribution in [0.2, 0.25) is 0 Å². The normalized spacial score (nSPS) is 24.8. The molecule has 128 valence electrons. The van der Waals surface area contributed by atoms with E-state index in [0.717, 1.165) is 0 Å². The van der Waals surface area contributed by atoms with E-state index < -0.39 is 18.0 Å². The summed E-state index contributed by atoms with van der Waals surface area (Å²) in [5.74, 6) is -1.58. The average Bonchev–Trinajstić information content (AvgIpc) is 3.00. The van der Waals surface area contributed by atoms with E-state index in [1.165, 1.54) is 9.96 Å². The maximum absolute atomic E-state index is 12.4. The Hall–Kier alpha value is -2.41. The average molecular weight is 332 g/mol. The van der Waals surface area contributed by atoms with Gasteiger partial charge in [-0.3, -0.25) is 4.79 Å². The fraction of sp³-hybridized carbons (Fsp3) is 0.471. The van der Waals surface area contributed by atoms with Crippen LogP contribution in [0.15, 0.2) is 30.3 Å². The highest BCUT2D eigenvalue weighted by molar-refractivity contribution is 5.89. The minimum atomic E-state index is -0.946. The number of benzene rings is 1. The van der Waals surface area contributed by atoms with Crippen molar-refractivity contribution in [3.05, 3.63) is 35.9 Å². The lowest BCUT2D eigenvalue weighted by atomic mass is 10.1. The highest BCUT2D eigenvalue weighted by Gasteiger charge is 2.41. The third kappa shape index (κ3) is 3.41. The van der Waals surface area contributed by atoms with Gasteiger partial charge in [-0.05, 0) is 31.4 Å². The molecule has 1 amide bonds. The molecule has 0 spiro atoms. The lowest BCUT2D eigenvalue weighted by molar-refractivity contribution is -0.155. The monoisotopic (exact) mass is 332 g/mol. The molecule has 0 bridgehead atoms. The van der Waals surface area contributed by atoms with Crippen molar-refractivity contribution >= 4 is 17.8 Å². The number of carbonyl (C=O) groups excluding carboxylic acids is 2. The first-order valence-electron chi connectivity index (χ1n) is 8.12. The van der Waals surface area contributed by atoms with Gasteiger partial charge >= 0.3 is 11.9 Å². The van der Waals surface area contributed by atoms with Crippen LogP contribution in [-0.4, -0.2) is 58.1 Å². The molecule has 2 aliphatic heterocycles. The number of carbonyl (C=O) groups is 3. The number of nitrogens with zero attached hydrogens (tertiary/aromatic N) is 2. The Labute approximate surface area is 139 Å². The number of carboxylic acids is 1. The molecule has 2 atom stereocenters. The van der Waals surface area contributed by atoms with Gasteiger partial charge in [0.05, 0.1) is 5.56 Å². The smallest absolute Gasteiger partial charge is 0.357 e. The summed E-state index contributed by atoms with van der Waals surface area (Å²) in [5, 5.41) is 10.8. The topological polar surface area (TPSA) is 87.2 Å². The van der Waals surface area contributed by atoms with Crippen LogP contribution in [0, 0.1) is 0 Å². The fourth-order valence-corrected chi connectivity index (χ4v) is 3.38. The van der Waals surface area contributed by atoms with Gasteiger partial charge in [0.15, 0.2) is 0 Å². The van der Waals surface area contributed by atoms with Crippen molar-refractivity contribution in [1.29, 1.82) is 0 Å². The van der Waals surface area contributed by atoms with Gasteiger partial charge in [-0.2, -0.15) is 0 Å². The SMILES string of the molecule is O=C(ON1CCC(=O)N2[C@H](CC[C@H]2C(=O)O)CC1)c1ccccc1. The van der Waals surface area contributed by atoms with Crippen molar-refractivity contribution in [2.24, 2.45) is 0 Å². The molecule has 0 radical (unpaired) electrons. The summed E-state index contributed by atoms with van der Waals surface area (Å²) in [6, 6.07) is 7.87. The molecule has 7 nitrogen and oxygen atoms in total. The second kappa shape index (κ2) is 7.00. The van der Waals surface area contributed by atoms with Crippen LogP contribution in [0.1, 0.15) is 36.0 Å². The van der Waals surface area contributed by atoms with Crippen molar-refractivity contribution in [3.63, 3.8) is 0 Å². The summed E-state index contributed by atoms with van der Waals surface area (Å²) >= 11 is 0. The van der Waals surface area contributed by atoms with Gasteiger partial charge < -0.3 is 14.8 Å². The van der Waals surface area contributed by atoms with Crippen LogP contribution in [0.25, 0.3) is 0 Å². The molecule has 3 rings (SSSR count). The maximum atomic E-state index is 12.4. The summed E-state index contributed by atoms with van der Waals surface area (Å²) in [6.07, 6.45) is 1.89. The van der Waals surface area contributed by atoms with Crippen LogP contribution < -0.4 is 0 Å². The minimum absolute atomic E-state index is 0.100. The number of hydrogen-bond acceptors (Lipinski definition) is 5. The van der Waals surface area contributed by atoms with E-state index in [0.29, 0.717) is 31.4 Å². The minimum Gasteiger partial charge on any atom is -0.480 e. The molecular formula is C17H20N2O5. The quantitative estimate of drug-likeness (QED) is 0.898. The zero-order valence-corrected chi connectivity index (χ0v) is 13.3. The Morgan fingerprint density at radius 1 is 1.08 bits per heavy atom. The number of carboxylic acid groups (broad SMARTS) is 1. The molecule has 2 aliphatic rings. The number of amides is 1. The van der Waals surface area contributed by atoms with Crippen molar-refractivity contribution < 1.29 is 24.3 Å². The van der Waals surface area contributed by atoms with Gasteiger partial charge in [0.1, 0.15) is 6.04 Å². The van der Waals surface area contributed by atoms with E-state index in [2.05, 4.69) is 0 Å². The molecule has 0 aromatic heterocycles. The van der Waals surface area contributed by atoms with Crippen LogP contribution >= 0.6 is 0 Å². The first-order chi connectivity index (χ1) is 11.6. The lowest BCUT2D eigenvalue weighted by Gasteiger charge is -2.33. The Balaban J connectivity index is 1.64. The van der Waals surface area contributed by atoms with E-state index in [-0.39, 0.29) is 24.9 Å². The summed E-state index contributed by atoms with van der Waals surface area (Å²) in [4.78, 5) is 42.7. The van der Waals surface area contributed by atoms with Gasteiger partial charge in [0, 0.05) is 25.6 Å². The van der Waals surface area contributed by atoms with E-state index in [1.807, 2.05) is 6.07 Å². The molecule has 2 fully saturated rings. The van der Waals surface area contributed by atoms with E-state index >= 15 is 0 Å². The molecule has 2 saturated heterocycles. The van der Waals surface area contributed by atoms with Gasteiger partial charge in [0.2, 0.25) is 5.91 Å². The third-order valence-electron chi connectivity index (χ3n) is 4.58. The molecule has 1 aromatic carbocycles. The van der Waals surface area contributed by atoms with E-state index in [1.54, 1.807) is 24.3 Å². The first kappa shape index (κ1) is 16.4. The number of rotatable bonds is 3. The Morgan fingerprint density at radius 2 is 1.83 bits per heavy atom. The molecule has 0 saturated carbocycles. The molecular weight excluding hydrogens is 312 g/mol. The predicted octanol–water partition coefficient (Wildman–Crippen LogP) is 1.30. The van der Waals surface area contributed by atoms with Gasteiger partial charge in [-0.25, -0.2) is 9.59 Å². The van der Waals surface area contributed by atoms with Gasteiger partial charge in [-0.15, -0.1) is 5.06 Å². The molecule has 24 heavy (non-hydrogen) atoms. The molecule has 7 heteroatoms. The van der Waals surface area contributed by atoms with Crippen LogP contribution in [0.4, 0.5) is 0 Å². The largest absolute Gasteiger partial charge is 0.480 e. The number of aliphatic carboxylic acids is 1. The number of fused-ring (bicyclic) bond motifs is 1. The van der Waals surface area contributed by atoms with Crippen molar-refractivity contribution in [3.8, 4) is 0 Å². The lowest BCUT2D eigenvalue weighted by Crippen LogP contribution is -2.49. The van der Waals surface area contributed by atoms with Crippen molar-refractivity contribution in [1.82, 2.24) is 9.96 Å². The highest BCUT2D eigenvalue weighted by Crippen LogP contribution is 2.29. The highest BCUT2D eigenvalue weighted by atomic mass is 16.7. The van der Waals surface area contributed by atoms with Crippen molar-refractivity contribution in [2.45, 2.75) is 37.8 Å². The van der Waals surface area contributed by atoms with Crippen LogP contribution in [-0.2, 0) is 14.4 Å². The maximum Gasteiger partial charge on any atom is 0.357 e. The second-order valence-corrected chi connectivity index (χ2v) is 6.10. The Morgan fingerprint density at radius 3 is 2.54 bits per heavy atom. The molecule has 1 N–H and O–H groups in total. The first-order valence-corrected chi connectivity index (χ1v) is 8.12. The number of hydroxylamine groups is 2. The van der Waals surface area contributed by atoms with Crippen molar-refractivity contribution in [2.75, 3.05) is 13.1 Å². The molecule has 1 aromatic rings. The van der Waals surface area contributed by atoms with Gasteiger partial charge in [0.25, 0.3) is 0 Å². The zero-order chi connectivity index (χ0) is 17.1. The molecule has 0 aliphatic carbocycles. The summed E-state index contributed by atoms with van der Waals surface area (Å²) in [5.41, 5.74) is 0.458. The molecule has 0 unspecified atom stereocenters. The van der Waals surface area contributed by atoms with E-state index in [4.69, 9.17) is 4.84 Å². The standard InChI is InChI=1S/C17H20N2O5/c20-15-9-11-18(24-17(23)12-4-2-1-3-5-12)10-8-13-6-7-14(16(21)22)19(13)15/h1-5,13-14H,6-11H2,(H,21,22)/t13-,14+/m1/s1. The Kier molecular flexibility index (Phi) is 4.80. The van der Waals surface area contributed by atoms with Gasteiger partial charge in [-0.1, -0.05) is 18.2 Å².